The minimum absolute atomic E-state index is 0.127. The second-order valence-corrected chi connectivity index (χ2v) is 10.9. The van der Waals surface area contributed by atoms with Crippen LogP contribution in [-0.4, -0.2) is 65.9 Å². The third-order valence-electron chi connectivity index (χ3n) is 7.32. The molecule has 1 aliphatic heterocycles. The first kappa shape index (κ1) is 27.2. The number of hydrogen-bond acceptors (Lipinski definition) is 3. The lowest BCUT2D eigenvalue weighted by Gasteiger charge is -2.47. The van der Waals surface area contributed by atoms with Gasteiger partial charge in [0.2, 0.25) is 5.91 Å². The molecule has 0 aromatic heterocycles. The highest BCUT2D eigenvalue weighted by molar-refractivity contribution is 6.35. The molecule has 1 aliphatic carbocycles. The first-order valence-electron chi connectivity index (χ1n) is 12.4. The van der Waals surface area contributed by atoms with Gasteiger partial charge in [0.1, 0.15) is 11.9 Å². The zero-order valence-electron chi connectivity index (χ0n) is 20.5. The average molecular weight is 542 g/mol. The molecule has 9 heteroatoms. The van der Waals surface area contributed by atoms with Gasteiger partial charge in [-0.3, -0.25) is 14.6 Å². The maximum absolute atomic E-state index is 15.4. The van der Waals surface area contributed by atoms with Crippen molar-refractivity contribution in [1.82, 2.24) is 15.1 Å². The molecule has 2 aromatic rings. The fourth-order valence-corrected chi connectivity index (χ4v) is 5.90. The molecule has 1 amide bonds. The van der Waals surface area contributed by atoms with Crippen molar-refractivity contribution in [3.8, 4) is 11.1 Å². The largest absolute Gasteiger partial charge is 0.345 e. The summed E-state index contributed by atoms with van der Waals surface area (Å²) < 4.78 is 45.5. The molecule has 4 nitrogen and oxygen atoms in total. The number of alkyl halides is 2. The Hall–Kier alpha value is -1.80. The van der Waals surface area contributed by atoms with Crippen LogP contribution in [0.1, 0.15) is 38.7 Å². The van der Waals surface area contributed by atoms with Crippen LogP contribution in [0.4, 0.5) is 13.2 Å². The van der Waals surface area contributed by atoms with Gasteiger partial charge < -0.3 is 5.32 Å². The zero-order valence-corrected chi connectivity index (χ0v) is 22.1. The van der Waals surface area contributed by atoms with Gasteiger partial charge in [-0.05, 0) is 56.0 Å². The van der Waals surface area contributed by atoms with E-state index in [-0.39, 0.29) is 24.0 Å². The standard InChI is InChI=1S/C27H32Cl2F3N3O/c1-17(2)34-9-11-35(12-10-34)23-7-4-8-27(31,32)26(23)33-24(36)15-18-5-3-6-22(25(18)30)19-13-20(28)16-21(29)14-19/h3,5-6,13-14,16-17,23,26H,4,7-12,15H2,1-2H3,(H,33,36)/t23-,26+/m0/s1. The summed E-state index contributed by atoms with van der Waals surface area (Å²) in [4.78, 5) is 17.4. The molecule has 0 spiro atoms. The summed E-state index contributed by atoms with van der Waals surface area (Å²) >= 11 is 12.1. The van der Waals surface area contributed by atoms with Crippen molar-refractivity contribution >= 4 is 29.1 Å². The van der Waals surface area contributed by atoms with E-state index in [1.807, 2.05) is 0 Å². The lowest BCUT2D eigenvalue weighted by molar-refractivity contribution is -0.133. The highest BCUT2D eigenvalue weighted by atomic mass is 35.5. The number of hydrogen-bond donors (Lipinski definition) is 1. The number of piperazine rings is 1. The highest BCUT2D eigenvalue weighted by Crippen LogP contribution is 2.37. The maximum Gasteiger partial charge on any atom is 0.269 e. The molecule has 0 radical (unpaired) electrons. The summed E-state index contributed by atoms with van der Waals surface area (Å²) in [5.41, 5.74) is 0.850. The minimum Gasteiger partial charge on any atom is -0.345 e. The number of benzene rings is 2. The van der Waals surface area contributed by atoms with Gasteiger partial charge in [-0.25, -0.2) is 13.2 Å². The Kier molecular flexibility index (Phi) is 8.55. The molecule has 2 aromatic carbocycles. The fourth-order valence-electron chi connectivity index (χ4n) is 5.38. The molecule has 4 rings (SSSR count). The molecule has 196 valence electrons. The molecule has 0 bridgehead atoms. The predicted octanol–water partition coefficient (Wildman–Crippen LogP) is 6.04. The Bertz CT molecular complexity index is 1070. The number of rotatable bonds is 6. The van der Waals surface area contributed by atoms with Crippen molar-refractivity contribution in [1.29, 1.82) is 0 Å². The lowest BCUT2D eigenvalue weighted by Crippen LogP contribution is -2.64. The Balaban J connectivity index is 1.49. The number of carbonyl (C=O) groups excluding carboxylic acids is 1. The Morgan fingerprint density at radius 1 is 1.11 bits per heavy atom. The van der Waals surface area contributed by atoms with Crippen LogP contribution in [0.3, 0.4) is 0 Å². The molecule has 0 unspecified atom stereocenters. The smallest absolute Gasteiger partial charge is 0.269 e. The van der Waals surface area contributed by atoms with Crippen LogP contribution in [-0.2, 0) is 11.2 Å². The van der Waals surface area contributed by atoms with Crippen molar-refractivity contribution in [2.45, 2.75) is 63.6 Å². The van der Waals surface area contributed by atoms with Gasteiger partial charge in [0.15, 0.2) is 0 Å². The van der Waals surface area contributed by atoms with Crippen LogP contribution in [0.25, 0.3) is 11.1 Å². The SMILES string of the molecule is CC(C)N1CCN([C@H]2CCCC(F)(F)[C@@H]2NC(=O)Cc2cccc(-c3cc(Cl)cc(Cl)c3)c2F)CC1. The number of halogens is 5. The quantitative estimate of drug-likeness (QED) is 0.484. The fraction of sp³-hybridized carbons (Fsp3) is 0.519. The Morgan fingerprint density at radius 2 is 1.78 bits per heavy atom. The third kappa shape index (κ3) is 6.18. The number of amides is 1. The summed E-state index contributed by atoms with van der Waals surface area (Å²) in [5.74, 6) is -4.23. The van der Waals surface area contributed by atoms with E-state index in [2.05, 4.69) is 29.0 Å². The molecule has 2 atom stereocenters. The summed E-state index contributed by atoms with van der Waals surface area (Å²) in [6.45, 7) is 7.25. The second kappa shape index (κ2) is 11.3. The second-order valence-electron chi connectivity index (χ2n) is 10.0. The van der Waals surface area contributed by atoms with Gasteiger partial charge in [-0.15, -0.1) is 0 Å². The van der Waals surface area contributed by atoms with E-state index in [9.17, 15) is 4.79 Å². The van der Waals surface area contributed by atoms with E-state index in [1.54, 1.807) is 30.3 Å². The van der Waals surface area contributed by atoms with Gasteiger partial charge in [0.05, 0.1) is 6.42 Å². The van der Waals surface area contributed by atoms with E-state index in [0.717, 1.165) is 13.1 Å². The lowest BCUT2D eigenvalue weighted by atomic mass is 9.85. The first-order valence-corrected chi connectivity index (χ1v) is 13.2. The summed E-state index contributed by atoms with van der Waals surface area (Å²) in [7, 11) is 0. The van der Waals surface area contributed by atoms with Gasteiger partial charge >= 0.3 is 0 Å². The molecule has 1 heterocycles. The van der Waals surface area contributed by atoms with E-state index in [0.29, 0.717) is 47.6 Å². The van der Waals surface area contributed by atoms with Crippen LogP contribution in [0.5, 0.6) is 0 Å². The molecule has 2 fully saturated rings. The van der Waals surface area contributed by atoms with E-state index in [1.165, 1.54) is 6.07 Å². The molecule has 1 saturated carbocycles. The number of carbonyl (C=O) groups is 1. The maximum atomic E-state index is 15.4. The van der Waals surface area contributed by atoms with Crippen molar-refractivity contribution in [3.05, 3.63) is 57.8 Å². The molecule has 36 heavy (non-hydrogen) atoms. The van der Waals surface area contributed by atoms with Gasteiger partial charge in [0, 0.05) is 60.3 Å². The van der Waals surface area contributed by atoms with Gasteiger partial charge in [-0.2, -0.15) is 0 Å². The molecule has 1 N–H and O–H groups in total. The molecular formula is C27H32Cl2F3N3O. The van der Waals surface area contributed by atoms with Crippen molar-refractivity contribution in [2.75, 3.05) is 26.2 Å². The Labute approximate surface area is 220 Å². The summed E-state index contributed by atoms with van der Waals surface area (Å²) in [6, 6.07) is 8.06. The third-order valence-corrected chi connectivity index (χ3v) is 7.75. The van der Waals surface area contributed by atoms with Crippen LogP contribution >= 0.6 is 23.2 Å². The van der Waals surface area contributed by atoms with Crippen LogP contribution in [0.15, 0.2) is 36.4 Å². The molecule has 2 aliphatic rings. The average Bonchev–Trinajstić information content (AvgIpc) is 2.81. The Morgan fingerprint density at radius 3 is 2.42 bits per heavy atom. The summed E-state index contributed by atoms with van der Waals surface area (Å²) in [5, 5.41) is 3.31. The topological polar surface area (TPSA) is 35.6 Å². The number of nitrogens with zero attached hydrogens (tertiary/aromatic N) is 2. The zero-order chi connectivity index (χ0) is 26.0. The van der Waals surface area contributed by atoms with Crippen LogP contribution < -0.4 is 5.32 Å². The normalized spacial score (nSPS) is 23.1. The van der Waals surface area contributed by atoms with Gasteiger partial charge in [-0.1, -0.05) is 41.4 Å². The van der Waals surface area contributed by atoms with Gasteiger partial charge in [0.25, 0.3) is 5.92 Å². The monoisotopic (exact) mass is 541 g/mol. The predicted molar refractivity (Wildman–Crippen MR) is 138 cm³/mol. The van der Waals surface area contributed by atoms with E-state index >= 15 is 13.2 Å². The highest BCUT2D eigenvalue weighted by Gasteiger charge is 2.49. The van der Waals surface area contributed by atoms with Crippen molar-refractivity contribution in [3.63, 3.8) is 0 Å². The van der Waals surface area contributed by atoms with E-state index in [4.69, 9.17) is 23.2 Å². The molecule has 1 saturated heterocycles. The first-order chi connectivity index (χ1) is 17.0. The van der Waals surface area contributed by atoms with Crippen LogP contribution in [0, 0.1) is 5.82 Å². The summed E-state index contributed by atoms with van der Waals surface area (Å²) in [6.07, 6.45) is 0.406. The number of nitrogens with one attached hydrogen (secondary N) is 1. The van der Waals surface area contributed by atoms with E-state index < -0.39 is 29.7 Å². The van der Waals surface area contributed by atoms with Crippen molar-refractivity contribution in [2.24, 2.45) is 0 Å². The molecular weight excluding hydrogens is 510 g/mol. The van der Waals surface area contributed by atoms with Crippen LogP contribution in [0.2, 0.25) is 10.0 Å². The minimum atomic E-state index is -3.02. The van der Waals surface area contributed by atoms with Crippen molar-refractivity contribution < 1.29 is 18.0 Å².